The van der Waals surface area contributed by atoms with Crippen LogP contribution in [-0.2, 0) is 0 Å². The highest BCUT2D eigenvalue weighted by Gasteiger charge is 2.15. The predicted molar refractivity (Wildman–Crippen MR) is 94.2 cm³/mol. The number of nitrogens with one attached hydrogen (secondary N) is 1. The summed E-state index contributed by atoms with van der Waals surface area (Å²) >= 11 is 0. The fraction of sp³-hybridized carbons (Fsp3) is 0.263. The highest BCUT2D eigenvalue weighted by molar-refractivity contribution is 6.07. The fourth-order valence-corrected chi connectivity index (χ4v) is 2.25. The second-order valence-corrected chi connectivity index (χ2v) is 5.67. The largest absolute Gasteiger partial charge is 0.393 e. The maximum atomic E-state index is 12.6. The smallest absolute Gasteiger partial charge is 0.258 e. The van der Waals surface area contributed by atoms with Gasteiger partial charge in [0.2, 0.25) is 0 Å². The van der Waals surface area contributed by atoms with Crippen molar-refractivity contribution in [2.75, 3.05) is 18.5 Å². The SMILES string of the molecule is CC(O)CCNC(=O)c1cccc(C(=O)N(C)c2ccccc2)c1. The van der Waals surface area contributed by atoms with Crippen LogP contribution in [0, 0.1) is 0 Å². The summed E-state index contributed by atoms with van der Waals surface area (Å²) in [6.07, 6.45) is 0.0268. The highest BCUT2D eigenvalue weighted by atomic mass is 16.3. The molecule has 0 spiro atoms. The van der Waals surface area contributed by atoms with E-state index in [0.717, 1.165) is 5.69 Å². The molecule has 0 radical (unpaired) electrons. The van der Waals surface area contributed by atoms with Crippen LogP contribution < -0.4 is 10.2 Å². The molecule has 24 heavy (non-hydrogen) atoms. The molecular weight excluding hydrogens is 304 g/mol. The van der Waals surface area contributed by atoms with Crippen molar-refractivity contribution in [3.05, 3.63) is 65.7 Å². The molecule has 5 heteroatoms. The Kier molecular flexibility index (Phi) is 6.09. The highest BCUT2D eigenvalue weighted by Crippen LogP contribution is 2.15. The van der Waals surface area contributed by atoms with E-state index in [1.807, 2.05) is 30.3 Å². The molecule has 2 N–H and O–H groups in total. The Morgan fingerprint density at radius 2 is 1.75 bits per heavy atom. The Morgan fingerprint density at radius 3 is 2.42 bits per heavy atom. The minimum absolute atomic E-state index is 0.181. The molecule has 2 aromatic rings. The number of carbonyl (C=O) groups is 2. The van der Waals surface area contributed by atoms with Crippen LogP contribution >= 0.6 is 0 Å². The number of aliphatic hydroxyl groups is 1. The van der Waals surface area contributed by atoms with Crippen LogP contribution in [0.25, 0.3) is 0 Å². The number of nitrogens with zero attached hydrogens (tertiary/aromatic N) is 1. The van der Waals surface area contributed by atoms with Gasteiger partial charge in [-0.1, -0.05) is 24.3 Å². The predicted octanol–water partition coefficient (Wildman–Crippen LogP) is 2.46. The first-order valence-corrected chi connectivity index (χ1v) is 7.88. The van der Waals surface area contributed by atoms with E-state index < -0.39 is 6.10 Å². The molecule has 0 saturated carbocycles. The third-order valence-electron chi connectivity index (χ3n) is 3.67. The molecule has 5 nitrogen and oxygen atoms in total. The molecule has 0 aliphatic rings. The summed E-state index contributed by atoms with van der Waals surface area (Å²) in [5.74, 6) is -0.438. The molecule has 126 valence electrons. The number of anilines is 1. The number of rotatable bonds is 6. The van der Waals surface area contributed by atoms with Crippen molar-refractivity contribution in [1.29, 1.82) is 0 Å². The van der Waals surface area contributed by atoms with Crippen molar-refractivity contribution >= 4 is 17.5 Å². The van der Waals surface area contributed by atoms with Gasteiger partial charge in [-0.3, -0.25) is 9.59 Å². The Balaban J connectivity index is 2.09. The maximum absolute atomic E-state index is 12.6. The first-order chi connectivity index (χ1) is 11.5. The number of amides is 2. The molecule has 1 unspecified atom stereocenters. The minimum atomic E-state index is -0.460. The van der Waals surface area contributed by atoms with Crippen LogP contribution in [0.15, 0.2) is 54.6 Å². The second-order valence-electron chi connectivity index (χ2n) is 5.67. The summed E-state index contributed by atoms with van der Waals surface area (Å²) < 4.78 is 0. The first kappa shape index (κ1) is 17.7. The zero-order chi connectivity index (χ0) is 17.5. The van der Waals surface area contributed by atoms with Crippen LogP contribution in [0.1, 0.15) is 34.1 Å². The Bertz CT molecular complexity index is 699. The van der Waals surface area contributed by atoms with Crippen molar-refractivity contribution in [1.82, 2.24) is 5.32 Å². The van der Waals surface area contributed by atoms with Gasteiger partial charge in [0.1, 0.15) is 0 Å². The van der Waals surface area contributed by atoms with Gasteiger partial charge >= 0.3 is 0 Å². The molecule has 0 fully saturated rings. The summed E-state index contributed by atoms with van der Waals surface area (Å²) in [4.78, 5) is 26.3. The zero-order valence-corrected chi connectivity index (χ0v) is 13.9. The van der Waals surface area contributed by atoms with Crippen LogP contribution in [-0.4, -0.2) is 36.6 Å². The van der Waals surface area contributed by atoms with E-state index in [1.165, 1.54) is 0 Å². The number of carbonyl (C=O) groups excluding carboxylic acids is 2. The molecule has 0 saturated heterocycles. The number of para-hydroxylation sites is 1. The molecule has 1 atom stereocenters. The summed E-state index contributed by atoms with van der Waals surface area (Å²) in [6, 6.07) is 16.0. The molecule has 0 aromatic heterocycles. The number of hydrogen-bond acceptors (Lipinski definition) is 3. The Labute approximate surface area is 141 Å². The van der Waals surface area contributed by atoms with Crippen LogP contribution in [0.5, 0.6) is 0 Å². The lowest BCUT2D eigenvalue weighted by Crippen LogP contribution is -2.28. The third kappa shape index (κ3) is 4.67. The van der Waals surface area contributed by atoms with Gasteiger partial charge in [-0.05, 0) is 43.7 Å². The van der Waals surface area contributed by atoms with Crippen LogP contribution in [0.4, 0.5) is 5.69 Å². The molecular formula is C19H22N2O3. The van der Waals surface area contributed by atoms with Gasteiger partial charge < -0.3 is 15.3 Å². The first-order valence-electron chi connectivity index (χ1n) is 7.88. The van der Waals surface area contributed by atoms with Gasteiger partial charge in [0.05, 0.1) is 6.10 Å². The van der Waals surface area contributed by atoms with Gasteiger partial charge in [-0.25, -0.2) is 0 Å². The van der Waals surface area contributed by atoms with E-state index in [0.29, 0.717) is 24.1 Å². The Hall–Kier alpha value is -2.66. The average molecular weight is 326 g/mol. The van der Waals surface area contributed by atoms with Crippen LogP contribution in [0.3, 0.4) is 0 Å². The van der Waals surface area contributed by atoms with E-state index in [-0.39, 0.29) is 11.8 Å². The molecule has 2 aromatic carbocycles. The van der Waals surface area contributed by atoms with E-state index in [2.05, 4.69) is 5.32 Å². The van der Waals surface area contributed by atoms with Crippen molar-refractivity contribution in [2.45, 2.75) is 19.4 Å². The van der Waals surface area contributed by atoms with Gasteiger partial charge in [0, 0.05) is 30.4 Å². The minimum Gasteiger partial charge on any atom is -0.393 e. The average Bonchev–Trinajstić information content (AvgIpc) is 2.61. The van der Waals surface area contributed by atoms with Crippen LogP contribution in [0.2, 0.25) is 0 Å². The Morgan fingerprint density at radius 1 is 1.08 bits per heavy atom. The monoisotopic (exact) mass is 326 g/mol. The molecule has 0 bridgehead atoms. The topological polar surface area (TPSA) is 69.6 Å². The van der Waals surface area contributed by atoms with Gasteiger partial charge in [0.25, 0.3) is 11.8 Å². The van der Waals surface area contributed by atoms with E-state index in [4.69, 9.17) is 0 Å². The normalized spacial score (nSPS) is 11.6. The summed E-state index contributed by atoms with van der Waals surface area (Å²) in [7, 11) is 1.70. The molecule has 2 amide bonds. The van der Waals surface area contributed by atoms with Crippen molar-refractivity contribution < 1.29 is 14.7 Å². The third-order valence-corrected chi connectivity index (χ3v) is 3.67. The lowest BCUT2D eigenvalue weighted by atomic mass is 10.1. The van der Waals surface area contributed by atoms with Gasteiger partial charge in [-0.15, -0.1) is 0 Å². The molecule has 0 aliphatic heterocycles. The molecule has 0 heterocycles. The van der Waals surface area contributed by atoms with Crippen molar-refractivity contribution in [3.8, 4) is 0 Å². The van der Waals surface area contributed by atoms with Gasteiger partial charge in [-0.2, -0.15) is 0 Å². The number of benzene rings is 2. The summed E-state index contributed by atoms with van der Waals surface area (Å²) in [5.41, 5.74) is 1.66. The van der Waals surface area contributed by atoms with Crippen molar-refractivity contribution in [3.63, 3.8) is 0 Å². The lowest BCUT2D eigenvalue weighted by Gasteiger charge is -2.17. The van der Waals surface area contributed by atoms with Crippen molar-refractivity contribution in [2.24, 2.45) is 0 Å². The molecule has 2 rings (SSSR count). The summed E-state index contributed by atoms with van der Waals surface area (Å²) in [6.45, 7) is 2.06. The molecule has 0 aliphatic carbocycles. The van der Waals surface area contributed by atoms with E-state index >= 15 is 0 Å². The lowest BCUT2D eigenvalue weighted by molar-refractivity contribution is 0.0945. The summed E-state index contributed by atoms with van der Waals surface area (Å²) in [5, 5.41) is 12.0. The standard InChI is InChI=1S/C19H22N2O3/c1-14(22)11-12-20-18(23)15-7-6-8-16(13-15)19(24)21(2)17-9-4-3-5-10-17/h3-10,13-14,22H,11-12H2,1-2H3,(H,20,23). The number of aliphatic hydroxyl groups excluding tert-OH is 1. The zero-order valence-electron chi connectivity index (χ0n) is 13.9. The second kappa shape index (κ2) is 8.26. The maximum Gasteiger partial charge on any atom is 0.258 e. The quantitative estimate of drug-likeness (QED) is 0.857. The number of hydrogen-bond donors (Lipinski definition) is 2. The van der Waals surface area contributed by atoms with E-state index in [1.54, 1.807) is 43.1 Å². The van der Waals surface area contributed by atoms with Gasteiger partial charge in [0.15, 0.2) is 0 Å². The fourth-order valence-electron chi connectivity index (χ4n) is 2.25. The van der Waals surface area contributed by atoms with E-state index in [9.17, 15) is 14.7 Å².